The van der Waals surface area contributed by atoms with Gasteiger partial charge in [-0.05, 0) is 38.0 Å². The molecule has 0 fully saturated rings. The zero-order valence-electron chi connectivity index (χ0n) is 9.04. The van der Waals surface area contributed by atoms with E-state index >= 15 is 0 Å². The summed E-state index contributed by atoms with van der Waals surface area (Å²) in [5.41, 5.74) is 3.92. The number of hydrogen-bond acceptors (Lipinski definition) is 0. The molecule has 0 bridgehead atoms. The van der Waals surface area contributed by atoms with Crippen LogP contribution in [0, 0.1) is 5.41 Å². The lowest BCUT2D eigenvalue weighted by molar-refractivity contribution is 0.353. The standard InChI is InChI=1S/C12H22/c1-5-7-11-10(2)8-6-9-12(11,3)4/h5-9H2,1-4H3. The Kier molecular flexibility index (Phi) is 2.98. The highest BCUT2D eigenvalue weighted by molar-refractivity contribution is 5.22. The van der Waals surface area contributed by atoms with E-state index in [4.69, 9.17) is 0 Å². The first-order valence-electron chi connectivity index (χ1n) is 5.27. The molecule has 0 amide bonds. The number of rotatable bonds is 2. The molecule has 0 aromatic carbocycles. The largest absolute Gasteiger partial charge is 0.0736 e. The van der Waals surface area contributed by atoms with E-state index in [-0.39, 0.29) is 0 Å². The maximum Gasteiger partial charge on any atom is -0.0142 e. The maximum atomic E-state index is 2.40. The summed E-state index contributed by atoms with van der Waals surface area (Å²) in [6, 6.07) is 0. The molecule has 0 saturated carbocycles. The molecule has 70 valence electrons. The molecule has 0 aromatic heterocycles. The molecular formula is C12H22. The van der Waals surface area contributed by atoms with Crippen LogP contribution < -0.4 is 0 Å². The van der Waals surface area contributed by atoms with Crippen LogP contribution in [0.2, 0.25) is 0 Å². The van der Waals surface area contributed by atoms with Gasteiger partial charge in [0.05, 0.1) is 0 Å². The van der Waals surface area contributed by atoms with Gasteiger partial charge in [-0.3, -0.25) is 0 Å². The highest BCUT2D eigenvalue weighted by Gasteiger charge is 2.26. The second kappa shape index (κ2) is 3.64. The molecule has 0 atom stereocenters. The summed E-state index contributed by atoms with van der Waals surface area (Å²) in [5.74, 6) is 0. The van der Waals surface area contributed by atoms with Gasteiger partial charge in [-0.15, -0.1) is 0 Å². The van der Waals surface area contributed by atoms with E-state index in [0.29, 0.717) is 5.41 Å². The molecule has 0 heteroatoms. The summed E-state index contributed by atoms with van der Waals surface area (Å²) in [4.78, 5) is 0. The van der Waals surface area contributed by atoms with Crippen LogP contribution in [0.3, 0.4) is 0 Å². The Morgan fingerprint density at radius 2 is 2.00 bits per heavy atom. The fourth-order valence-corrected chi connectivity index (χ4v) is 2.48. The zero-order valence-corrected chi connectivity index (χ0v) is 9.04. The van der Waals surface area contributed by atoms with E-state index in [9.17, 15) is 0 Å². The van der Waals surface area contributed by atoms with Crippen molar-refractivity contribution in [3.8, 4) is 0 Å². The Balaban J connectivity index is 2.84. The molecule has 0 nitrogen and oxygen atoms in total. The van der Waals surface area contributed by atoms with Gasteiger partial charge in [0, 0.05) is 0 Å². The minimum atomic E-state index is 0.498. The van der Waals surface area contributed by atoms with E-state index in [1.54, 1.807) is 11.1 Å². The molecule has 12 heavy (non-hydrogen) atoms. The van der Waals surface area contributed by atoms with Gasteiger partial charge in [-0.2, -0.15) is 0 Å². The lowest BCUT2D eigenvalue weighted by atomic mass is 9.71. The molecule has 0 spiro atoms. The highest BCUT2D eigenvalue weighted by atomic mass is 14.3. The summed E-state index contributed by atoms with van der Waals surface area (Å²) in [6.07, 6.45) is 6.75. The van der Waals surface area contributed by atoms with Crippen molar-refractivity contribution >= 4 is 0 Å². The second-order valence-electron chi connectivity index (χ2n) is 4.75. The number of allylic oxidation sites excluding steroid dienone is 2. The van der Waals surface area contributed by atoms with E-state index in [2.05, 4.69) is 27.7 Å². The maximum absolute atomic E-state index is 2.40. The van der Waals surface area contributed by atoms with Crippen molar-refractivity contribution in [3.05, 3.63) is 11.1 Å². The molecule has 0 heterocycles. The first kappa shape index (κ1) is 9.83. The summed E-state index contributed by atoms with van der Waals surface area (Å²) in [6.45, 7) is 9.41. The lowest BCUT2D eigenvalue weighted by Gasteiger charge is -2.34. The van der Waals surface area contributed by atoms with Crippen molar-refractivity contribution in [2.45, 2.75) is 59.8 Å². The summed E-state index contributed by atoms with van der Waals surface area (Å²) < 4.78 is 0. The lowest BCUT2D eigenvalue weighted by Crippen LogP contribution is -2.20. The Morgan fingerprint density at radius 3 is 2.50 bits per heavy atom. The van der Waals surface area contributed by atoms with Crippen molar-refractivity contribution in [2.24, 2.45) is 5.41 Å². The van der Waals surface area contributed by atoms with E-state index in [1.807, 2.05) is 0 Å². The molecular weight excluding hydrogens is 144 g/mol. The smallest absolute Gasteiger partial charge is 0.0142 e. The Morgan fingerprint density at radius 1 is 1.33 bits per heavy atom. The molecule has 0 saturated heterocycles. The second-order valence-corrected chi connectivity index (χ2v) is 4.75. The van der Waals surface area contributed by atoms with Crippen molar-refractivity contribution in [2.75, 3.05) is 0 Å². The molecule has 0 aliphatic heterocycles. The van der Waals surface area contributed by atoms with Crippen molar-refractivity contribution in [3.63, 3.8) is 0 Å². The Hall–Kier alpha value is -0.260. The van der Waals surface area contributed by atoms with Crippen molar-refractivity contribution < 1.29 is 0 Å². The van der Waals surface area contributed by atoms with E-state index in [1.165, 1.54) is 32.1 Å². The minimum absolute atomic E-state index is 0.498. The third-order valence-corrected chi connectivity index (χ3v) is 3.19. The van der Waals surface area contributed by atoms with Crippen LogP contribution in [0.25, 0.3) is 0 Å². The molecule has 1 aliphatic carbocycles. The van der Waals surface area contributed by atoms with Crippen LogP contribution in [0.5, 0.6) is 0 Å². The van der Waals surface area contributed by atoms with Crippen LogP contribution in [0.4, 0.5) is 0 Å². The van der Waals surface area contributed by atoms with Gasteiger partial charge in [0.2, 0.25) is 0 Å². The van der Waals surface area contributed by atoms with Gasteiger partial charge >= 0.3 is 0 Å². The fraction of sp³-hybridized carbons (Fsp3) is 0.833. The first-order chi connectivity index (χ1) is 5.58. The van der Waals surface area contributed by atoms with Crippen LogP contribution >= 0.6 is 0 Å². The zero-order chi connectivity index (χ0) is 9.19. The Labute approximate surface area is 77.1 Å². The molecule has 1 rings (SSSR count). The van der Waals surface area contributed by atoms with E-state index in [0.717, 1.165) is 0 Å². The predicted octanol–water partition coefficient (Wildman–Crippen LogP) is 4.31. The van der Waals surface area contributed by atoms with Gasteiger partial charge in [-0.25, -0.2) is 0 Å². The van der Waals surface area contributed by atoms with Crippen LogP contribution in [0.1, 0.15) is 59.8 Å². The summed E-state index contributed by atoms with van der Waals surface area (Å²) in [5, 5.41) is 0. The topological polar surface area (TPSA) is 0 Å². The normalized spacial score (nSPS) is 23.0. The minimum Gasteiger partial charge on any atom is -0.0736 e. The van der Waals surface area contributed by atoms with Gasteiger partial charge in [-0.1, -0.05) is 38.3 Å². The van der Waals surface area contributed by atoms with Crippen LogP contribution in [-0.2, 0) is 0 Å². The molecule has 0 unspecified atom stereocenters. The van der Waals surface area contributed by atoms with Crippen LogP contribution in [0.15, 0.2) is 11.1 Å². The Bertz CT molecular complexity index is 184. The quantitative estimate of drug-likeness (QED) is 0.536. The molecule has 1 aliphatic rings. The third kappa shape index (κ3) is 1.91. The van der Waals surface area contributed by atoms with Gasteiger partial charge < -0.3 is 0 Å². The van der Waals surface area contributed by atoms with E-state index < -0.39 is 0 Å². The first-order valence-corrected chi connectivity index (χ1v) is 5.27. The SMILES string of the molecule is CCCC1=C(C)CCCC1(C)C. The third-order valence-electron chi connectivity index (χ3n) is 3.19. The van der Waals surface area contributed by atoms with Crippen LogP contribution in [-0.4, -0.2) is 0 Å². The average Bonchev–Trinajstić information content (AvgIpc) is 1.97. The summed E-state index contributed by atoms with van der Waals surface area (Å²) >= 11 is 0. The molecule has 0 radical (unpaired) electrons. The predicted molar refractivity (Wildman–Crippen MR) is 55.2 cm³/mol. The average molecular weight is 166 g/mol. The van der Waals surface area contributed by atoms with Gasteiger partial charge in [0.1, 0.15) is 0 Å². The van der Waals surface area contributed by atoms with Crippen molar-refractivity contribution in [1.82, 2.24) is 0 Å². The molecule has 0 aromatic rings. The number of hydrogen-bond donors (Lipinski definition) is 0. The van der Waals surface area contributed by atoms with Gasteiger partial charge in [0.15, 0.2) is 0 Å². The monoisotopic (exact) mass is 166 g/mol. The summed E-state index contributed by atoms with van der Waals surface area (Å²) in [7, 11) is 0. The van der Waals surface area contributed by atoms with Crippen molar-refractivity contribution in [1.29, 1.82) is 0 Å². The molecule has 0 N–H and O–H groups in total. The van der Waals surface area contributed by atoms with Gasteiger partial charge in [0.25, 0.3) is 0 Å². The highest BCUT2D eigenvalue weighted by Crippen LogP contribution is 2.41. The fourth-order valence-electron chi connectivity index (χ4n) is 2.48.